The number of nitrogens with zero attached hydrogens (tertiary/aromatic N) is 2. The molecule has 158 valence electrons. The van der Waals surface area contributed by atoms with Crippen molar-refractivity contribution in [3.8, 4) is 0 Å². The number of allylic oxidation sites excluding steroid dienone is 1. The topological polar surface area (TPSA) is 101 Å². The van der Waals surface area contributed by atoms with Gasteiger partial charge in [-0.15, -0.1) is 0 Å². The highest BCUT2D eigenvalue weighted by molar-refractivity contribution is 5.99. The number of halogens is 1. The van der Waals surface area contributed by atoms with Crippen LogP contribution in [0.25, 0.3) is 10.9 Å². The number of hydrogen-bond acceptors (Lipinski definition) is 5. The summed E-state index contributed by atoms with van der Waals surface area (Å²) in [5, 5.41) is 12.7. The zero-order valence-electron chi connectivity index (χ0n) is 16.8. The molecule has 1 aromatic carbocycles. The minimum atomic E-state index is -1.32. The first kappa shape index (κ1) is 19.1. The van der Waals surface area contributed by atoms with Crippen LogP contribution in [0.5, 0.6) is 0 Å². The number of anilines is 2. The van der Waals surface area contributed by atoms with Gasteiger partial charge in [0.1, 0.15) is 5.56 Å². The molecule has 1 saturated heterocycles. The molecule has 0 amide bonds. The van der Waals surface area contributed by atoms with Crippen molar-refractivity contribution < 1.29 is 14.3 Å². The van der Waals surface area contributed by atoms with Gasteiger partial charge >= 0.3 is 5.97 Å². The zero-order chi connectivity index (χ0) is 21.2. The van der Waals surface area contributed by atoms with Gasteiger partial charge in [-0.1, -0.05) is 12.2 Å². The molecule has 0 radical (unpaired) electrons. The molecule has 30 heavy (non-hydrogen) atoms. The number of carboxylic acid groups (broad SMARTS) is 1. The van der Waals surface area contributed by atoms with Crippen LogP contribution in [0.2, 0.25) is 0 Å². The molecular weight excluding hydrogens is 387 g/mol. The van der Waals surface area contributed by atoms with Crippen molar-refractivity contribution in [2.75, 3.05) is 30.8 Å². The summed E-state index contributed by atoms with van der Waals surface area (Å²) >= 11 is 0. The standard InChI is InChI=1S/C22H25FN4O3/c1-25-16-4-2-3-11-8-26(9-13(11)16)17-7-15(24)18-20(19(17)23)27(12-5-6-12)10-14(21(18)28)22(29)30/h2,4,7,10-13,16,25H,3,5-6,8-9,24H2,1H3,(H,29,30). The van der Waals surface area contributed by atoms with Crippen LogP contribution >= 0.6 is 0 Å². The van der Waals surface area contributed by atoms with E-state index in [2.05, 4.69) is 17.5 Å². The summed E-state index contributed by atoms with van der Waals surface area (Å²) in [5.41, 5.74) is 5.77. The molecule has 1 saturated carbocycles. The summed E-state index contributed by atoms with van der Waals surface area (Å²) in [5.74, 6) is -1.03. The lowest BCUT2D eigenvalue weighted by Gasteiger charge is -2.28. The number of nitrogens with two attached hydrogens (primary N) is 1. The van der Waals surface area contributed by atoms with Crippen LogP contribution in [0.3, 0.4) is 0 Å². The van der Waals surface area contributed by atoms with Gasteiger partial charge in [0.05, 0.1) is 16.6 Å². The third kappa shape index (κ3) is 2.81. The summed E-state index contributed by atoms with van der Waals surface area (Å²) in [7, 11) is 1.93. The van der Waals surface area contributed by atoms with Gasteiger partial charge in [-0.2, -0.15) is 0 Å². The number of nitrogens with one attached hydrogen (secondary N) is 1. The predicted molar refractivity (Wildman–Crippen MR) is 114 cm³/mol. The summed E-state index contributed by atoms with van der Waals surface area (Å²) in [4.78, 5) is 26.4. The molecule has 5 rings (SSSR count). The molecule has 7 nitrogen and oxygen atoms in total. The van der Waals surface area contributed by atoms with Crippen LogP contribution in [0.4, 0.5) is 15.8 Å². The summed E-state index contributed by atoms with van der Waals surface area (Å²) in [6.07, 6.45) is 8.23. The largest absolute Gasteiger partial charge is 0.477 e. The molecular formula is C22H25FN4O3. The van der Waals surface area contributed by atoms with E-state index in [1.165, 1.54) is 12.3 Å². The maximum Gasteiger partial charge on any atom is 0.341 e. The van der Waals surface area contributed by atoms with Crippen molar-refractivity contribution in [1.29, 1.82) is 0 Å². The molecule has 1 aliphatic heterocycles. The van der Waals surface area contributed by atoms with E-state index >= 15 is 4.39 Å². The van der Waals surface area contributed by atoms with Gasteiger partial charge in [0.15, 0.2) is 5.82 Å². The van der Waals surface area contributed by atoms with Gasteiger partial charge in [0, 0.05) is 43.0 Å². The first-order valence-corrected chi connectivity index (χ1v) is 10.4. The molecule has 2 heterocycles. The molecule has 3 aliphatic rings. The number of aromatic nitrogens is 1. The molecule has 1 aromatic heterocycles. The molecule has 2 fully saturated rings. The maximum absolute atomic E-state index is 15.9. The van der Waals surface area contributed by atoms with E-state index < -0.39 is 17.2 Å². The molecule has 3 atom stereocenters. The molecule has 4 N–H and O–H groups in total. The monoisotopic (exact) mass is 412 g/mol. The second-order valence-electron chi connectivity index (χ2n) is 8.65. The zero-order valence-corrected chi connectivity index (χ0v) is 16.8. The number of carbonyl (C=O) groups is 1. The van der Waals surface area contributed by atoms with Gasteiger partial charge in [-0.25, -0.2) is 9.18 Å². The molecule has 2 aromatic rings. The smallest absolute Gasteiger partial charge is 0.341 e. The number of benzene rings is 1. The number of fused-ring (bicyclic) bond motifs is 2. The number of rotatable bonds is 4. The minimum Gasteiger partial charge on any atom is -0.477 e. The predicted octanol–water partition coefficient (Wildman–Crippen LogP) is 2.36. The Hall–Kier alpha value is -2.87. The number of likely N-dealkylation sites (N-methyl/N-ethyl adjacent to an activating group) is 1. The van der Waals surface area contributed by atoms with E-state index in [0.717, 1.165) is 25.8 Å². The van der Waals surface area contributed by atoms with Crippen molar-refractivity contribution in [2.24, 2.45) is 11.8 Å². The third-order valence-electron chi connectivity index (χ3n) is 6.83. The Bertz CT molecular complexity index is 1140. The van der Waals surface area contributed by atoms with E-state index in [9.17, 15) is 14.7 Å². The number of aromatic carboxylic acids is 1. The Morgan fingerprint density at radius 3 is 2.77 bits per heavy atom. The average Bonchev–Trinajstić information content (AvgIpc) is 3.47. The Morgan fingerprint density at radius 1 is 1.33 bits per heavy atom. The van der Waals surface area contributed by atoms with Crippen LogP contribution in [0.15, 0.2) is 29.2 Å². The SMILES string of the molecule is CNC1C=CCC2CN(c3cc(N)c4c(=O)c(C(=O)O)cn(C5CC5)c4c3F)CC21. The van der Waals surface area contributed by atoms with Crippen molar-refractivity contribution in [3.63, 3.8) is 0 Å². The van der Waals surface area contributed by atoms with E-state index in [1.54, 1.807) is 4.57 Å². The van der Waals surface area contributed by atoms with E-state index in [1.807, 2.05) is 11.9 Å². The molecule has 2 aliphatic carbocycles. The minimum absolute atomic E-state index is 0.00520. The Kier molecular flexibility index (Phi) is 4.36. The van der Waals surface area contributed by atoms with Crippen LogP contribution in [-0.4, -0.2) is 41.8 Å². The lowest BCUT2D eigenvalue weighted by molar-refractivity contribution is 0.0695. The van der Waals surface area contributed by atoms with Gasteiger partial charge in [0.25, 0.3) is 0 Å². The van der Waals surface area contributed by atoms with Crippen LogP contribution in [0.1, 0.15) is 35.7 Å². The third-order valence-corrected chi connectivity index (χ3v) is 6.83. The van der Waals surface area contributed by atoms with E-state index in [0.29, 0.717) is 24.1 Å². The maximum atomic E-state index is 15.9. The van der Waals surface area contributed by atoms with Gasteiger partial charge in [-0.3, -0.25) is 4.79 Å². The second-order valence-corrected chi connectivity index (χ2v) is 8.65. The van der Waals surface area contributed by atoms with Crippen LogP contribution in [-0.2, 0) is 0 Å². The highest BCUT2D eigenvalue weighted by Crippen LogP contribution is 2.42. The van der Waals surface area contributed by atoms with Crippen molar-refractivity contribution >= 4 is 28.2 Å². The highest BCUT2D eigenvalue weighted by Gasteiger charge is 2.39. The van der Waals surface area contributed by atoms with Crippen molar-refractivity contribution in [3.05, 3.63) is 46.0 Å². The highest BCUT2D eigenvalue weighted by atomic mass is 19.1. The number of nitrogen functional groups attached to an aromatic ring is 1. The van der Waals surface area contributed by atoms with Crippen molar-refractivity contribution in [2.45, 2.75) is 31.3 Å². The fourth-order valence-electron chi connectivity index (χ4n) is 5.15. The Morgan fingerprint density at radius 2 is 2.10 bits per heavy atom. The molecule has 3 unspecified atom stereocenters. The number of pyridine rings is 1. The lowest BCUT2D eigenvalue weighted by atomic mass is 9.82. The first-order valence-electron chi connectivity index (χ1n) is 10.4. The van der Waals surface area contributed by atoms with E-state index in [-0.39, 0.29) is 34.2 Å². The van der Waals surface area contributed by atoms with Crippen molar-refractivity contribution in [1.82, 2.24) is 9.88 Å². The summed E-state index contributed by atoms with van der Waals surface area (Å²) < 4.78 is 17.5. The first-order chi connectivity index (χ1) is 14.4. The molecule has 8 heteroatoms. The molecule has 0 bridgehead atoms. The van der Waals surface area contributed by atoms with Gasteiger partial charge in [-0.05, 0) is 38.3 Å². The van der Waals surface area contributed by atoms with E-state index in [4.69, 9.17) is 5.73 Å². The quantitative estimate of drug-likeness (QED) is 0.527. The van der Waals surface area contributed by atoms with Gasteiger partial charge < -0.3 is 25.6 Å². The van der Waals surface area contributed by atoms with Crippen LogP contribution < -0.4 is 21.4 Å². The van der Waals surface area contributed by atoms with Gasteiger partial charge in [0.2, 0.25) is 5.43 Å². The van der Waals surface area contributed by atoms with Crippen LogP contribution in [0, 0.1) is 17.7 Å². The fourth-order valence-corrected chi connectivity index (χ4v) is 5.15. The fraction of sp³-hybridized carbons (Fsp3) is 0.455. The summed E-state index contributed by atoms with van der Waals surface area (Å²) in [6, 6.07) is 1.74. The number of hydrogen-bond donors (Lipinski definition) is 3. The average molecular weight is 412 g/mol. The Labute approximate surface area is 173 Å². The molecule has 0 spiro atoms. The second kappa shape index (κ2) is 6.84. The Balaban J connectivity index is 1.66. The lowest BCUT2D eigenvalue weighted by Crippen LogP contribution is -2.38. The normalized spacial score (nSPS) is 25.7. The summed E-state index contributed by atoms with van der Waals surface area (Å²) in [6.45, 7) is 1.42. The number of carboxylic acids is 1.